The van der Waals surface area contributed by atoms with Crippen molar-refractivity contribution < 1.29 is 4.39 Å². The van der Waals surface area contributed by atoms with Crippen LogP contribution in [0.2, 0.25) is 0 Å². The van der Waals surface area contributed by atoms with Crippen molar-refractivity contribution >= 4 is 10.8 Å². The number of aromatic amines is 1. The summed E-state index contributed by atoms with van der Waals surface area (Å²) in [5.74, 6) is -0.306. The predicted molar refractivity (Wildman–Crippen MR) is 63.1 cm³/mol. The van der Waals surface area contributed by atoms with Crippen LogP contribution in [0.15, 0.2) is 29.1 Å². The van der Waals surface area contributed by atoms with E-state index in [1.165, 1.54) is 18.2 Å². The van der Waals surface area contributed by atoms with Gasteiger partial charge in [0, 0.05) is 11.1 Å². The molecule has 0 amide bonds. The monoisotopic (exact) mass is 219 g/mol. The van der Waals surface area contributed by atoms with Crippen molar-refractivity contribution in [2.75, 3.05) is 0 Å². The molecule has 0 aliphatic rings. The molecule has 0 spiro atoms. The van der Waals surface area contributed by atoms with E-state index >= 15 is 0 Å². The molecule has 1 heterocycles. The third kappa shape index (κ3) is 2.13. The van der Waals surface area contributed by atoms with Crippen LogP contribution >= 0.6 is 0 Å². The first-order valence-electron chi connectivity index (χ1n) is 5.52. The van der Waals surface area contributed by atoms with Crippen LogP contribution in [0.25, 0.3) is 10.8 Å². The highest BCUT2D eigenvalue weighted by Crippen LogP contribution is 2.13. The SMILES string of the molecule is CCCCc1cc2cc(F)ccc2c(=O)[nH]1. The van der Waals surface area contributed by atoms with E-state index in [1.807, 2.05) is 6.07 Å². The molecule has 1 aromatic heterocycles. The Bertz CT molecular complexity index is 559. The molecule has 0 atom stereocenters. The lowest BCUT2D eigenvalue weighted by molar-refractivity contribution is 0.629. The van der Waals surface area contributed by atoms with Crippen molar-refractivity contribution in [3.8, 4) is 0 Å². The van der Waals surface area contributed by atoms with E-state index in [4.69, 9.17) is 0 Å². The fourth-order valence-corrected chi connectivity index (χ4v) is 1.80. The summed E-state index contributed by atoms with van der Waals surface area (Å²) >= 11 is 0. The van der Waals surface area contributed by atoms with Gasteiger partial charge in [0.25, 0.3) is 5.56 Å². The van der Waals surface area contributed by atoms with Gasteiger partial charge in [-0.3, -0.25) is 4.79 Å². The predicted octanol–water partition coefficient (Wildman–Crippen LogP) is 3.01. The number of nitrogens with one attached hydrogen (secondary N) is 1. The van der Waals surface area contributed by atoms with Gasteiger partial charge in [-0.15, -0.1) is 0 Å². The Morgan fingerprint density at radius 3 is 2.88 bits per heavy atom. The van der Waals surface area contributed by atoms with Gasteiger partial charge in [0.2, 0.25) is 0 Å². The molecule has 0 bridgehead atoms. The van der Waals surface area contributed by atoms with Gasteiger partial charge in [0.15, 0.2) is 0 Å². The summed E-state index contributed by atoms with van der Waals surface area (Å²) in [4.78, 5) is 14.5. The lowest BCUT2D eigenvalue weighted by Gasteiger charge is -2.03. The minimum absolute atomic E-state index is 0.136. The molecular formula is C13H14FNO. The number of hydrogen-bond acceptors (Lipinski definition) is 1. The van der Waals surface area contributed by atoms with Crippen molar-refractivity contribution in [3.63, 3.8) is 0 Å². The molecule has 3 heteroatoms. The summed E-state index contributed by atoms with van der Waals surface area (Å²) in [5.41, 5.74) is 0.744. The molecule has 16 heavy (non-hydrogen) atoms. The first-order chi connectivity index (χ1) is 7.70. The summed E-state index contributed by atoms with van der Waals surface area (Å²) in [6.45, 7) is 2.10. The van der Waals surface area contributed by atoms with Crippen LogP contribution in [0.3, 0.4) is 0 Å². The highest BCUT2D eigenvalue weighted by atomic mass is 19.1. The van der Waals surface area contributed by atoms with Crippen LogP contribution in [0.5, 0.6) is 0 Å². The van der Waals surface area contributed by atoms with E-state index in [0.29, 0.717) is 10.8 Å². The van der Waals surface area contributed by atoms with E-state index < -0.39 is 0 Å². The molecule has 0 radical (unpaired) electrons. The maximum atomic E-state index is 13.0. The molecule has 0 aliphatic carbocycles. The number of pyridine rings is 1. The molecule has 2 rings (SSSR count). The number of aryl methyl sites for hydroxylation is 1. The Morgan fingerprint density at radius 2 is 2.12 bits per heavy atom. The molecule has 1 aromatic carbocycles. The standard InChI is InChI=1S/C13H14FNO/c1-2-3-4-11-8-9-7-10(14)5-6-12(9)13(16)15-11/h5-8H,2-4H2,1H3,(H,15,16). The minimum atomic E-state index is -0.306. The number of fused-ring (bicyclic) bond motifs is 1. The third-order valence-corrected chi connectivity index (χ3v) is 2.66. The summed E-state index contributed by atoms with van der Waals surface area (Å²) in [5, 5.41) is 1.22. The minimum Gasteiger partial charge on any atom is -0.326 e. The second-order valence-corrected chi connectivity index (χ2v) is 3.96. The molecule has 0 saturated carbocycles. The molecule has 84 valence electrons. The zero-order valence-electron chi connectivity index (χ0n) is 9.22. The fourth-order valence-electron chi connectivity index (χ4n) is 1.80. The van der Waals surface area contributed by atoms with E-state index in [0.717, 1.165) is 25.0 Å². The molecule has 0 aliphatic heterocycles. The normalized spacial score (nSPS) is 10.9. The molecule has 0 unspecified atom stereocenters. The number of hydrogen-bond donors (Lipinski definition) is 1. The number of benzene rings is 1. The van der Waals surface area contributed by atoms with Gasteiger partial charge in [-0.05, 0) is 42.5 Å². The Balaban J connectivity index is 2.52. The highest BCUT2D eigenvalue weighted by Gasteiger charge is 2.02. The molecule has 2 nitrogen and oxygen atoms in total. The van der Waals surface area contributed by atoms with Gasteiger partial charge in [-0.2, -0.15) is 0 Å². The van der Waals surface area contributed by atoms with Crippen molar-refractivity contribution in [1.82, 2.24) is 4.98 Å². The Morgan fingerprint density at radius 1 is 1.31 bits per heavy atom. The average Bonchev–Trinajstić information content (AvgIpc) is 2.25. The quantitative estimate of drug-likeness (QED) is 0.845. The molecule has 1 N–H and O–H groups in total. The molecule has 0 fully saturated rings. The van der Waals surface area contributed by atoms with Gasteiger partial charge in [-0.25, -0.2) is 4.39 Å². The second kappa shape index (κ2) is 4.47. The Kier molecular flexibility index (Phi) is 3.04. The van der Waals surface area contributed by atoms with Gasteiger partial charge >= 0.3 is 0 Å². The lowest BCUT2D eigenvalue weighted by Crippen LogP contribution is -2.09. The van der Waals surface area contributed by atoms with Crippen molar-refractivity contribution in [1.29, 1.82) is 0 Å². The summed E-state index contributed by atoms with van der Waals surface area (Å²) < 4.78 is 13.0. The van der Waals surface area contributed by atoms with Crippen LogP contribution < -0.4 is 5.56 Å². The average molecular weight is 219 g/mol. The molecule has 0 saturated heterocycles. The van der Waals surface area contributed by atoms with Crippen molar-refractivity contribution in [2.24, 2.45) is 0 Å². The largest absolute Gasteiger partial charge is 0.326 e. The Labute approximate surface area is 93.1 Å². The van der Waals surface area contributed by atoms with Crippen molar-refractivity contribution in [2.45, 2.75) is 26.2 Å². The zero-order valence-corrected chi connectivity index (χ0v) is 9.22. The number of H-pyrrole nitrogens is 1. The lowest BCUT2D eigenvalue weighted by atomic mass is 10.1. The van der Waals surface area contributed by atoms with Crippen LogP contribution in [-0.2, 0) is 6.42 Å². The van der Waals surface area contributed by atoms with Crippen LogP contribution in [0.4, 0.5) is 4.39 Å². The van der Waals surface area contributed by atoms with E-state index in [1.54, 1.807) is 0 Å². The van der Waals surface area contributed by atoms with Gasteiger partial charge < -0.3 is 4.98 Å². The first kappa shape index (κ1) is 10.9. The van der Waals surface area contributed by atoms with Crippen LogP contribution in [-0.4, -0.2) is 4.98 Å². The van der Waals surface area contributed by atoms with Crippen LogP contribution in [0.1, 0.15) is 25.5 Å². The number of rotatable bonds is 3. The number of halogens is 1. The summed E-state index contributed by atoms with van der Waals surface area (Å²) in [6, 6.07) is 6.09. The zero-order chi connectivity index (χ0) is 11.5. The van der Waals surface area contributed by atoms with Crippen LogP contribution in [0, 0.1) is 5.82 Å². The number of aromatic nitrogens is 1. The smallest absolute Gasteiger partial charge is 0.256 e. The topological polar surface area (TPSA) is 32.9 Å². The summed E-state index contributed by atoms with van der Waals surface area (Å²) in [6.07, 6.45) is 2.93. The first-order valence-corrected chi connectivity index (χ1v) is 5.52. The van der Waals surface area contributed by atoms with Gasteiger partial charge in [0.1, 0.15) is 5.82 Å². The maximum Gasteiger partial charge on any atom is 0.256 e. The second-order valence-electron chi connectivity index (χ2n) is 3.96. The number of unbranched alkanes of at least 4 members (excludes halogenated alkanes) is 1. The fraction of sp³-hybridized carbons (Fsp3) is 0.308. The Hall–Kier alpha value is -1.64. The van der Waals surface area contributed by atoms with Crippen molar-refractivity contribution in [3.05, 3.63) is 46.1 Å². The van der Waals surface area contributed by atoms with Gasteiger partial charge in [0.05, 0.1) is 0 Å². The maximum absolute atomic E-state index is 13.0. The third-order valence-electron chi connectivity index (χ3n) is 2.66. The van der Waals surface area contributed by atoms with E-state index in [9.17, 15) is 9.18 Å². The van der Waals surface area contributed by atoms with Gasteiger partial charge in [-0.1, -0.05) is 13.3 Å². The highest BCUT2D eigenvalue weighted by molar-refractivity contribution is 5.81. The van der Waals surface area contributed by atoms with E-state index in [-0.39, 0.29) is 11.4 Å². The molecular weight excluding hydrogens is 205 g/mol. The van der Waals surface area contributed by atoms with E-state index in [2.05, 4.69) is 11.9 Å². The summed E-state index contributed by atoms with van der Waals surface area (Å²) in [7, 11) is 0. The molecule has 2 aromatic rings.